The van der Waals surface area contributed by atoms with Gasteiger partial charge in [0.1, 0.15) is 4.90 Å². The van der Waals surface area contributed by atoms with Crippen molar-refractivity contribution in [3.8, 4) is 0 Å². The van der Waals surface area contributed by atoms with Crippen molar-refractivity contribution in [3.05, 3.63) is 42.2 Å². The van der Waals surface area contributed by atoms with E-state index in [0.717, 1.165) is 5.56 Å². The van der Waals surface area contributed by atoms with Crippen molar-refractivity contribution in [2.24, 2.45) is 5.73 Å². The Morgan fingerprint density at radius 2 is 2.00 bits per heavy atom. The third-order valence-electron chi connectivity index (χ3n) is 2.81. The Morgan fingerprint density at radius 1 is 1.32 bits per heavy atom. The van der Waals surface area contributed by atoms with Gasteiger partial charge in [0.2, 0.25) is 0 Å². The molecule has 0 spiro atoms. The fourth-order valence-corrected chi connectivity index (χ4v) is 3.18. The predicted molar refractivity (Wildman–Crippen MR) is 73.1 cm³/mol. The standard InChI is InChI=1S/C12H16N4O2S/c1-2-16(11-5-3-10(7-13)4-6-11)19(17,18)12-8-14-15-9-12/h3-6,8-9H,2,7,13H2,1H3,(H,14,15). The van der Waals surface area contributed by atoms with E-state index in [4.69, 9.17) is 5.73 Å². The van der Waals surface area contributed by atoms with E-state index in [1.807, 2.05) is 12.1 Å². The van der Waals surface area contributed by atoms with Gasteiger partial charge < -0.3 is 5.73 Å². The number of hydrogen-bond acceptors (Lipinski definition) is 4. The van der Waals surface area contributed by atoms with Crippen LogP contribution in [0, 0.1) is 0 Å². The van der Waals surface area contributed by atoms with Crippen molar-refractivity contribution >= 4 is 15.7 Å². The molecule has 3 N–H and O–H groups in total. The maximum Gasteiger partial charge on any atom is 0.267 e. The number of nitrogens with zero attached hydrogens (tertiary/aromatic N) is 2. The highest BCUT2D eigenvalue weighted by Gasteiger charge is 2.24. The highest BCUT2D eigenvalue weighted by molar-refractivity contribution is 7.92. The highest BCUT2D eigenvalue weighted by atomic mass is 32.2. The van der Waals surface area contributed by atoms with Crippen LogP contribution in [0.1, 0.15) is 12.5 Å². The number of aromatic nitrogens is 2. The Labute approximate surface area is 112 Å². The van der Waals surface area contributed by atoms with Crippen LogP contribution < -0.4 is 10.0 Å². The van der Waals surface area contributed by atoms with Gasteiger partial charge in [0.25, 0.3) is 10.0 Å². The van der Waals surface area contributed by atoms with Gasteiger partial charge in [0, 0.05) is 19.3 Å². The van der Waals surface area contributed by atoms with Crippen molar-refractivity contribution in [2.45, 2.75) is 18.4 Å². The van der Waals surface area contributed by atoms with Crippen molar-refractivity contribution in [2.75, 3.05) is 10.8 Å². The molecule has 0 amide bonds. The number of nitrogens with one attached hydrogen (secondary N) is 1. The Bertz CT molecular complexity index is 620. The van der Waals surface area contributed by atoms with Crippen molar-refractivity contribution < 1.29 is 8.42 Å². The quantitative estimate of drug-likeness (QED) is 0.857. The normalized spacial score (nSPS) is 11.5. The van der Waals surface area contributed by atoms with Gasteiger partial charge in [-0.3, -0.25) is 9.40 Å². The molecule has 0 fully saturated rings. The van der Waals surface area contributed by atoms with Crippen LogP contribution in [-0.2, 0) is 16.6 Å². The molecule has 0 saturated heterocycles. The first-order valence-electron chi connectivity index (χ1n) is 5.90. The largest absolute Gasteiger partial charge is 0.326 e. The lowest BCUT2D eigenvalue weighted by Gasteiger charge is -2.22. The molecule has 0 aliphatic rings. The van der Waals surface area contributed by atoms with Crippen LogP contribution in [0.25, 0.3) is 0 Å². The molecule has 1 heterocycles. The van der Waals surface area contributed by atoms with E-state index in [-0.39, 0.29) is 4.90 Å². The molecular formula is C12H16N4O2S. The van der Waals surface area contributed by atoms with Crippen molar-refractivity contribution in [1.82, 2.24) is 10.2 Å². The summed E-state index contributed by atoms with van der Waals surface area (Å²) in [6.45, 7) is 2.56. The minimum absolute atomic E-state index is 0.150. The summed E-state index contributed by atoms with van der Waals surface area (Å²) < 4.78 is 26.2. The minimum atomic E-state index is -3.57. The average Bonchev–Trinajstić information content (AvgIpc) is 2.95. The van der Waals surface area contributed by atoms with Crippen LogP contribution in [0.15, 0.2) is 41.6 Å². The summed E-state index contributed by atoms with van der Waals surface area (Å²) >= 11 is 0. The van der Waals surface area contributed by atoms with E-state index in [9.17, 15) is 8.42 Å². The molecule has 1 aromatic heterocycles. The number of aromatic amines is 1. The summed E-state index contributed by atoms with van der Waals surface area (Å²) in [5, 5.41) is 6.19. The molecule has 0 atom stereocenters. The third-order valence-corrected chi connectivity index (χ3v) is 4.68. The van der Waals surface area contributed by atoms with Gasteiger partial charge in [-0.15, -0.1) is 0 Å². The number of sulfonamides is 1. The maximum atomic E-state index is 12.4. The molecule has 7 heteroatoms. The molecule has 0 aliphatic carbocycles. The number of H-pyrrole nitrogens is 1. The van der Waals surface area contributed by atoms with Crippen molar-refractivity contribution in [1.29, 1.82) is 0 Å². The summed E-state index contributed by atoms with van der Waals surface area (Å²) in [5.41, 5.74) is 7.10. The Balaban J connectivity index is 2.39. The first-order valence-corrected chi connectivity index (χ1v) is 7.34. The molecule has 6 nitrogen and oxygen atoms in total. The second kappa shape index (κ2) is 5.41. The predicted octanol–water partition coefficient (Wildman–Crippen LogP) is 1.08. The fourth-order valence-electron chi connectivity index (χ4n) is 1.80. The summed E-state index contributed by atoms with van der Waals surface area (Å²) in [5.74, 6) is 0. The highest BCUT2D eigenvalue weighted by Crippen LogP contribution is 2.23. The number of nitrogens with two attached hydrogens (primary N) is 1. The zero-order valence-corrected chi connectivity index (χ0v) is 11.4. The van der Waals surface area contributed by atoms with Crippen molar-refractivity contribution in [3.63, 3.8) is 0 Å². The van der Waals surface area contributed by atoms with E-state index in [1.54, 1.807) is 19.1 Å². The smallest absolute Gasteiger partial charge is 0.267 e. The number of anilines is 1. The molecule has 0 bridgehead atoms. The van der Waals surface area contributed by atoms with Gasteiger partial charge in [-0.25, -0.2) is 8.42 Å². The van der Waals surface area contributed by atoms with Crippen LogP contribution in [0.4, 0.5) is 5.69 Å². The van der Waals surface area contributed by atoms with Crippen LogP contribution in [-0.4, -0.2) is 25.2 Å². The van der Waals surface area contributed by atoms with E-state index >= 15 is 0 Å². The lowest BCUT2D eigenvalue weighted by atomic mass is 10.2. The van der Waals surface area contributed by atoms with Gasteiger partial charge in [-0.2, -0.15) is 5.10 Å². The Morgan fingerprint density at radius 3 is 2.47 bits per heavy atom. The fraction of sp³-hybridized carbons (Fsp3) is 0.250. The molecule has 0 radical (unpaired) electrons. The molecule has 1 aromatic carbocycles. The van der Waals surface area contributed by atoms with Crippen LogP contribution in [0.2, 0.25) is 0 Å². The summed E-state index contributed by atoms with van der Waals surface area (Å²) in [7, 11) is -3.57. The second-order valence-corrected chi connectivity index (χ2v) is 5.84. The Kier molecular flexibility index (Phi) is 3.87. The number of benzene rings is 1. The number of rotatable bonds is 5. The molecule has 2 aromatic rings. The average molecular weight is 280 g/mol. The second-order valence-electron chi connectivity index (χ2n) is 3.97. The van der Waals surface area contributed by atoms with Gasteiger partial charge in [-0.05, 0) is 24.6 Å². The van der Waals surface area contributed by atoms with E-state index < -0.39 is 10.0 Å². The molecule has 2 rings (SSSR count). The molecule has 0 saturated carbocycles. The van der Waals surface area contributed by atoms with Gasteiger partial charge >= 0.3 is 0 Å². The topological polar surface area (TPSA) is 92.1 Å². The zero-order chi connectivity index (χ0) is 13.9. The zero-order valence-electron chi connectivity index (χ0n) is 10.6. The van der Waals surface area contributed by atoms with Crippen LogP contribution >= 0.6 is 0 Å². The van der Waals surface area contributed by atoms with E-state index in [1.165, 1.54) is 16.7 Å². The van der Waals surface area contributed by atoms with Crippen LogP contribution in [0.5, 0.6) is 0 Å². The lowest BCUT2D eigenvalue weighted by Crippen LogP contribution is -2.30. The monoisotopic (exact) mass is 280 g/mol. The van der Waals surface area contributed by atoms with Gasteiger partial charge in [0.15, 0.2) is 0 Å². The molecular weight excluding hydrogens is 264 g/mol. The Hall–Kier alpha value is -1.86. The molecule has 19 heavy (non-hydrogen) atoms. The lowest BCUT2D eigenvalue weighted by molar-refractivity contribution is 0.592. The van der Waals surface area contributed by atoms with E-state index in [2.05, 4.69) is 10.2 Å². The summed E-state index contributed by atoms with van der Waals surface area (Å²) in [6, 6.07) is 7.15. The molecule has 102 valence electrons. The van der Waals surface area contributed by atoms with Gasteiger partial charge in [-0.1, -0.05) is 12.1 Å². The first-order chi connectivity index (χ1) is 9.09. The van der Waals surface area contributed by atoms with Crippen LogP contribution in [0.3, 0.4) is 0 Å². The molecule has 0 unspecified atom stereocenters. The van der Waals surface area contributed by atoms with Gasteiger partial charge in [0.05, 0.1) is 11.9 Å². The summed E-state index contributed by atoms with van der Waals surface area (Å²) in [6.07, 6.45) is 2.67. The van der Waals surface area contributed by atoms with E-state index in [0.29, 0.717) is 18.8 Å². The third kappa shape index (κ3) is 2.61. The minimum Gasteiger partial charge on any atom is -0.326 e. The SMILES string of the molecule is CCN(c1ccc(CN)cc1)S(=O)(=O)c1cn[nH]c1. The maximum absolute atomic E-state index is 12.4. The first kappa shape index (κ1) is 13.6. The summed E-state index contributed by atoms with van der Waals surface area (Å²) in [4.78, 5) is 0.150. The molecule has 0 aliphatic heterocycles. The number of hydrogen-bond donors (Lipinski definition) is 2.